The van der Waals surface area contributed by atoms with E-state index in [1.165, 1.54) is 21.8 Å². The maximum absolute atomic E-state index is 12.7. The molecule has 8 heteroatoms. The number of carbonyl (C=O) groups excluding carboxylic acids is 2. The van der Waals surface area contributed by atoms with Gasteiger partial charge in [-0.1, -0.05) is 84.0 Å². The first-order chi connectivity index (χ1) is 14.1. The molecule has 0 radical (unpaired) electrons. The summed E-state index contributed by atoms with van der Waals surface area (Å²) in [6, 6.07) is 19.6. The third-order valence-corrected chi connectivity index (χ3v) is 7.64. The van der Waals surface area contributed by atoms with Crippen LogP contribution in [-0.4, -0.2) is 21.0 Å². The second-order valence-corrected chi connectivity index (χ2v) is 9.77. The average Bonchev–Trinajstić information content (AvgIpc) is 3.22. The molecule has 2 aromatic carbocycles. The standard InChI is InChI=1S/C21H15ClN2O2S3/c22-18-16(28-20(23-18)27-13-15-9-5-2-6-10-15)11-17-19(25)24(21(26)29-17)12-14-7-3-1-4-8-14/h1-11H,12-13H2/b17-11-. The molecule has 0 spiro atoms. The number of thioether (sulfide) groups is 2. The molecule has 146 valence electrons. The number of hydrogen-bond donors (Lipinski definition) is 0. The van der Waals surface area contributed by atoms with Gasteiger partial charge in [0.1, 0.15) is 5.15 Å². The maximum atomic E-state index is 12.7. The van der Waals surface area contributed by atoms with Gasteiger partial charge in [0.25, 0.3) is 11.1 Å². The van der Waals surface area contributed by atoms with E-state index in [1.807, 2.05) is 48.5 Å². The van der Waals surface area contributed by atoms with Crippen molar-refractivity contribution in [2.45, 2.75) is 16.6 Å². The maximum Gasteiger partial charge on any atom is 0.293 e. The Bertz CT molecular complexity index is 1070. The van der Waals surface area contributed by atoms with Crippen LogP contribution in [0.1, 0.15) is 16.0 Å². The molecule has 2 amide bonds. The van der Waals surface area contributed by atoms with Crippen LogP contribution in [-0.2, 0) is 17.1 Å². The molecule has 0 aliphatic carbocycles. The predicted molar refractivity (Wildman–Crippen MR) is 121 cm³/mol. The monoisotopic (exact) mass is 458 g/mol. The molecule has 3 aromatic rings. The smallest absolute Gasteiger partial charge is 0.268 e. The van der Waals surface area contributed by atoms with Crippen LogP contribution in [0.3, 0.4) is 0 Å². The van der Waals surface area contributed by atoms with Gasteiger partial charge in [-0.3, -0.25) is 14.5 Å². The zero-order valence-electron chi connectivity index (χ0n) is 15.1. The molecule has 2 heterocycles. The van der Waals surface area contributed by atoms with Gasteiger partial charge in [-0.05, 0) is 29.0 Å². The van der Waals surface area contributed by atoms with Crippen LogP contribution >= 0.6 is 46.5 Å². The number of rotatable bonds is 6. The molecule has 29 heavy (non-hydrogen) atoms. The number of hydrogen-bond acceptors (Lipinski definition) is 6. The Hall–Kier alpha value is -2.06. The van der Waals surface area contributed by atoms with Gasteiger partial charge in [0.2, 0.25) is 0 Å². The van der Waals surface area contributed by atoms with Crippen molar-refractivity contribution in [3.05, 3.63) is 86.7 Å². The number of nitrogens with zero attached hydrogens (tertiary/aromatic N) is 2. The summed E-state index contributed by atoms with van der Waals surface area (Å²) in [7, 11) is 0. The van der Waals surface area contributed by atoms with Gasteiger partial charge in [-0.2, -0.15) is 0 Å². The number of halogens is 1. The van der Waals surface area contributed by atoms with Crippen molar-refractivity contribution in [1.82, 2.24) is 9.88 Å². The molecule has 0 atom stereocenters. The highest BCUT2D eigenvalue weighted by Gasteiger charge is 2.35. The Morgan fingerprint density at radius 2 is 1.66 bits per heavy atom. The van der Waals surface area contributed by atoms with E-state index in [0.29, 0.717) is 14.9 Å². The van der Waals surface area contributed by atoms with E-state index >= 15 is 0 Å². The molecular weight excluding hydrogens is 444 g/mol. The zero-order valence-corrected chi connectivity index (χ0v) is 18.3. The van der Waals surface area contributed by atoms with Gasteiger partial charge in [0.15, 0.2) is 4.34 Å². The van der Waals surface area contributed by atoms with Crippen molar-refractivity contribution in [2.75, 3.05) is 0 Å². The largest absolute Gasteiger partial charge is 0.293 e. The van der Waals surface area contributed by atoms with Crippen LogP contribution in [0.25, 0.3) is 6.08 Å². The fourth-order valence-corrected chi connectivity index (χ4v) is 5.89. The number of carbonyl (C=O) groups is 2. The molecular formula is C21H15ClN2O2S3. The van der Waals surface area contributed by atoms with Crippen molar-refractivity contribution in [3.8, 4) is 0 Å². The number of amides is 2. The first kappa shape index (κ1) is 20.2. The molecule has 1 aliphatic rings. The van der Waals surface area contributed by atoms with E-state index in [1.54, 1.807) is 17.8 Å². The normalized spacial score (nSPS) is 15.5. The zero-order chi connectivity index (χ0) is 20.2. The highest BCUT2D eigenvalue weighted by Crippen LogP contribution is 2.38. The SMILES string of the molecule is O=C1S/C(=C\c2sc(SCc3ccccc3)nc2Cl)C(=O)N1Cc1ccccc1. The molecule has 4 rings (SSSR count). The van der Waals surface area contributed by atoms with Crippen LogP contribution < -0.4 is 0 Å². The lowest BCUT2D eigenvalue weighted by atomic mass is 10.2. The predicted octanol–water partition coefficient (Wildman–Crippen LogP) is 6.33. The minimum Gasteiger partial charge on any atom is -0.268 e. The highest BCUT2D eigenvalue weighted by molar-refractivity contribution is 8.18. The molecule has 0 bridgehead atoms. The molecule has 0 unspecified atom stereocenters. The lowest BCUT2D eigenvalue weighted by Gasteiger charge is -2.11. The van der Waals surface area contributed by atoms with Crippen molar-refractivity contribution < 1.29 is 9.59 Å². The van der Waals surface area contributed by atoms with Gasteiger partial charge in [0.05, 0.1) is 16.3 Å². The summed E-state index contributed by atoms with van der Waals surface area (Å²) in [5.41, 5.74) is 2.11. The second-order valence-electron chi connectivity index (χ2n) is 6.16. The Morgan fingerprint density at radius 1 is 1.00 bits per heavy atom. The lowest BCUT2D eigenvalue weighted by molar-refractivity contribution is -0.123. The quantitative estimate of drug-likeness (QED) is 0.319. The minimum absolute atomic E-state index is 0.261. The molecule has 4 nitrogen and oxygen atoms in total. The van der Waals surface area contributed by atoms with Gasteiger partial charge >= 0.3 is 0 Å². The fourth-order valence-electron chi connectivity index (χ4n) is 2.69. The average molecular weight is 459 g/mol. The molecule has 1 fully saturated rings. The van der Waals surface area contributed by atoms with Crippen LogP contribution in [0.5, 0.6) is 0 Å². The summed E-state index contributed by atoms with van der Waals surface area (Å²) in [6.45, 7) is 0.261. The summed E-state index contributed by atoms with van der Waals surface area (Å²) in [6.07, 6.45) is 1.67. The number of benzene rings is 2. The number of aromatic nitrogens is 1. The van der Waals surface area contributed by atoms with E-state index in [4.69, 9.17) is 11.6 Å². The van der Waals surface area contributed by atoms with E-state index in [-0.39, 0.29) is 17.7 Å². The first-order valence-corrected chi connectivity index (χ1v) is 11.7. The van der Waals surface area contributed by atoms with Crippen LogP contribution in [0.4, 0.5) is 4.79 Å². The summed E-state index contributed by atoms with van der Waals surface area (Å²) < 4.78 is 0.827. The van der Waals surface area contributed by atoms with Crippen LogP contribution in [0, 0.1) is 0 Å². The molecule has 1 aromatic heterocycles. The Labute approximate surface area is 186 Å². The summed E-state index contributed by atoms with van der Waals surface area (Å²) in [4.78, 5) is 31.7. The lowest BCUT2D eigenvalue weighted by Crippen LogP contribution is -2.27. The number of thiazole rings is 1. The van der Waals surface area contributed by atoms with Crippen LogP contribution in [0.2, 0.25) is 5.15 Å². The second kappa shape index (κ2) is 9.17. The van der Waals surface area contributed by atoms with E-state index in [2.05, 4.69) is 17.1 Å². The molecule has 0 saturated carbocycles. The van der Waals surface area contributed by atoms with Gasteiger partial charge < -0.3 is 0 Å². The Morgan fingerprint density at radius 3 is 2.34 bits per heavy atom. The van der Waals surface area contributed by atoms with E-state index in [0.717, 1.165) is 27.4 Å². The molecule has 1 aliphatic heterocycles. The number of imide groups is 1. The Balaban J connectivity index is 1.47. The fraction of sp³-hybridized carbons (Fsp3) is 0.0952. The Kier molecular flexibility index (Phi) is 6.40. The van der Waals surface area contributed by atoms with Crippen molar-refractivity contribution in [3.63, 3.8) is 0 Å². The minimum atomic E-state index is -0.299. The molecule has 1 saturated heterocycles. The van der Waals surface area contributed by atoms with E-state index < -0.39 is 0 Å². The summed E-state index contributed by atoms with van der Waals surface area (Å²) >= 11 is 10.2. The summed E-state index contributed by atoms with van der Waals surface area (Å²) in [5.74, 6) is 0.490. The van der Waals surface area contributed by atoms with E-state index in [9.17, 15) is 9.59 Å². The van der Waals surface area contributed by atoms with Crippen molar-refractivity contribution in [2.24, 2.45) is 0 Å². The van der Waals surface area contributed by atoms with Crippen LogP contribution in [0.15, 0.2) is 69.9 Å². The first-order valence-electron chi connectivity index (χ1n) is 8.72. The molecule has 0 N–H and O–H groups in total. The van der Waals surface area contributed by atoms with Crippen molar-refractivity contribution in [1.29, 1.82) is 0 Å². The summed E-state index contributed by atoms with van der Waals surface area (Å²) in [5, 5.41) is 0.0739. The van der Waals surface area contributed by atoms with Gasteiger partial charge in [-0.15, -0.1) is 11.3 Å². The van der Waals surface area contributed by atoms with Crippen molar-refractivity contribution >= 4 is 63.7 Å². The third kappa shape index (κ3) is 4.93. The van der Waals surface area contributed by atoms with Gasteiger partial charge in [0, 0.05) is 5.75 Å². The topological polar surface area (TPSA) is 50.3 Å². The highest BCUT2D eigenvalue weighted by atomic mass is 35.5. The van der Waals surface area contributed by atoms with Gasteiger partial charge in [-0.25, -0.2) is 4.98 Å². The third-order valence-electron chi connectivity index (χ3n) is 4.11.